The number of fused-ring (bicyclic) bond motifs is 1. The average Bonchev–Trinajstić information content (AvgIpc) is 2.71. The van der Waals surface area contributed by atoms with Gasteiger partial charge in [-0.05, 0) is 18.9 Å². The Hall–Kier alpha value is -0.120. The Kier molecular flexibility index (Phi) is 8.40. The summed E-state index contributed by atoms with van der Waals surface area (Å²) in [5.41, 5.74) is 6.42. The Morgan fingerprint density at radius 2 is 1.69 bits per heavy atom. The van der Waals surface area contributed by atoms with Crippen molar-refractivity contribution in [1.82, 2.24) is 16.2 Å². The van der Waals surface area contributed by atoms with E-state index in [2.05, 4.69) is 16.2 Å². The van der Waals surface area contributed by atoms with E-state index in [0.29, 0.717) is 6.04 Å². The van der Waals surface area contributed by atoms with E-state index in [9.17, 15) is 0 Å². The molecule has 13 heavy (non-hydrogen) atoms. The highest BCUT2D eigenvalue weighted by atomic mass is 15.4. The molecule has 0 spiro atoms. The molecule has 2 saturated heterocycles. The van der Waals surface area contributed by atoms with Gasteiger partial charge in [-0.25, -0.2) is 0 Å². The van der Waals surface area contributed by atoms with E-state index < -0.39 is 0 Å². The third-order valence-corrected chi connectivity index (χ3v) is 2.28. The van der Waals surface area contributed by atoms with Gasteiger partial charge >= 0.3 is 0 Å². The molecule has 0 radical (unpaired) electrons. The van der Waals surface area contributed by atoms with Gasteiger partial charge in [0.05, 0.1) is 0 Å². The summed E-state index contributed by atoms with van der Waals surface area (Å²) in [6, 6.07) is 0.693. The van der Waals surface area contributed by atoms with Gasteiger partial charge in [0.25, 0.3) is 0 Å². The van der Waals surface area contributed by atoms with Crippen LogP contribution in [0.5, 0.6) is 0 Å². The fraction of sp³-hybridized carbons (Fsp3) is 1.00. The van der Waals surface area contributed by atoms with Crippen LogP contribution in [0.15, 0.2) is 0 Å². The highest BCUT2D eigenvalue weighted by Crippen LogP contribution is 2.13. The van der Waals surface area contributed by atoms with E-state index in [1.54, 1.807) is 0 Å². The molecule has 0 aromatic carbocycles. The molecule has 2 unspecified atom stereocenters. The molecule has 2 fully saturated rings. The first kappa shape index (κ1) is 12.9. The molecule has 2 atom stereocenters. The highest BCUT2D eigenvalue weighted by Gasteiger charge is 2.28. The summed E-state index contributed by atoms with van der Waals surface area (Å²) in [4.78, 5) is 0. The minimum Gasteiger partial charge on any atom is -0.315 e. The summed E-state index contributed by atoms with van der Waals surface area (Å²) in [5, 5.41) is 3.35. The molecule has 3 nitrogen and oxygen atoms in total. The monoisotopic (exact) mass is 187 g/mol. The topological polar surface area (TPSA) is 36.1 Å². The second-order valence-corrected chi connectivity index (χ2v) is 2.88. The van der Waals surface area contributed by atoms with Crippen LogP contribution in [0.2, 0.25) is 0 Å². The summed E-state index contributed by atoms with van der Waals surface area (Å²) in [5.74, 6) is 0.881. The van der Waals surface area contributed by atoms with Crippen LogP contribution >= 0.6 is 0 Å². The molecule has 2 heterocycles. The summed E-state index contributed by atoms with van der Waals surface area (Å²) in [7, 11) is 0. The van der Waals surface area contributed by atoms with Crippen molar-refractivity contribution in [3.63, 3.8) is 0 Å². The minimum atomic E-state index is 0.693. The largest absolute Gasteiger partial charge is 0.315 e. The first-order valence-electron chi connectivity index (χ1n) is 5.66. The molecule has 0 bridgehead atoms. The molecule has 2 rings (SSSR count). The Morgan fingerprint density at radius 1 is 1.00 bits per heavy atom. The van der Waals surface area contributed by atoms with Gasteiger partial charge in [-0.1, -0.05) is 27.7 Å². The van der Waals surface area contributed by atoms with Gasteiger partial charge in [-0.15, -0.1) is 0 Å². The van der Waals surface area contributed by atoms with E-state index >= 15 is 0 Å². The molecule has 0 aromatic heterocycles. The molecular formula is C10H25N3. The number of nitrogens with one attached hydrogen (secondary N) is 3. The van der Waals surface area contributed by atoms with Gasteiger partial charge in [0.1, 0.15) is 0 Å². The number of rotatable bonds is 0. The molecule has 0 amide bonds. The number of hydrogen-bond acceptors (Lipinski definition) is 3. The first-order chi connectivity index (χ1) is 6.47. The molecule has 2 aliphatic rings. The maximum Gasteiger partial charge on any atom is 0.0378 e. The van der Waals surface area contributed by atoms with E-state index in [4.69, 9.17) is 0 Å². The normalized spacial score (nSPS) is 30.5. The number of hydrazine groups is 1. The molecule has 3 N–H and O–H groups in total. The second-order valence-electron chi connectivity index (χ2n) is 2.88. The van der Waals surface area contributed by atoms with Crippen molar-refractivity contribution in [2.24, 2.45) is 5.92 Å². The number of hydrogen-bond donors (Lipinski definition) is 3. The lowest BCUT2D eigenvalue weighted by atomic mass is 9.95. The first-order valence-corrected chi connectivity index (χ1v) is 5.66. The van der Waals surface area contributed by atoms with Crippen LogP contribution < -0.4 is 16.2 Å². The van der Waals surface area contributed by atoms with Crippen molar-refractivity contribution in [1.29, 1.82) is 0 Å². The third kappa shape index (κ3) is 4.07. The van der Waals surface area contributed by atoms with Crippen LogP contribution in [-0.4, -0.2) is 25.7 Å². The predicted octanol–water partition coefficient (Wildman–Crippen LogP) is 1.12. The molecule has 0 aromatic rings. The average molecular weight is 187 g/mol. The van der Waals surface area contributed by atoms with Gasteiger partial charge in [-0.3, -0.25) is 10.9 Å². The molecule has 2 aliphatic heterocycles. The van der Waals surface area contributed by atoms with Crippen LogP contribution in [0, 0.1) is 5.92 Å². The quantitative estimate of drug-likeness (QED) is 0.532. The van der Waals surface area contributed by atoms with Crippen molar-refractivity contribution in [3.05, 3.63) is 0 Å². The van der Waals surface area contributed by atoms with Gasteiger partial charge in [-0.2, -0.15) is 0 Å². The fourth-order valence-corrected chi connectivity index (χ4v) is 1.65. The zero-order valence-electron chi connectivity index (χ0n) is 9.48. The van der Waals surface area contributed by atoms with Gasteiger partial charge < -0.3 is 5.32 Å². The lowest BCUT2D eigenvalue weighted by Crippen LogP contribution is -2.44. The maximum atomic E-state index is 3.35. The summed E-state index contributed by atoms with van der Waals surface area (Å²) < 4.78 is 0. The molecule has 3 heteroatoms. The van der Waals surface area contributed by atoms with Crippen molar-refractivity contribution in [2.75, 3.05) is 19.6 Å². The smallest absolute Gasteiger partial charge is 0.0378 e. The van der Waals surface area contributed by atoms with Crippen molar-refractivity contribution < 1.29 is 0 Å². The number of piperidine rings is 1. The molecule has 80 valence electrons. The van der Waals surface area contributed by atoms with Crippen molar-refractivity contribution in [2.45, 2.75) is 40.2 Å². The Morgan fingerprint density at radius 3 is 2.31 bits per heavy atom. The lowest BCUT2D eigenvalue weighted by Gasteiger charge is -2.24. The van der Waals surface area contributed by atoms with Crippen molar-refractivity contribution in [3.8, 4) is 0 Å². The SMILES string of the molecule is C1CC2CNNC2CN1.CC.CC. The van der Waals surface area contributed by atoms with Crippen LogP contribution in [-0.2, 0) is 0 Å². The van der Waals surface area contributed by atoms with Gasteiger partial charge in [0, 0.05) is 19.1 Å². The van der Waals surface area contributed by atoms with Crippen LogP contribution in [0.3, 0.4) is 0 Å². The minimum absolute atomic E-state index is 0.693. The third-order valence-electron chi connectivity index (χ3n) is 2.28. The standard InChI is InChI=1S/C6H13N3.2C2H6/c1-2-7-4-6-5(1)3-8-9-6;2*1-2/h5-9H,1-4H2;2*1-2H3. The fourth-order valence-electron chi connectivity index (χ4n) is 1.65. The zero-order valence-corrected chi connectivity index (χ0v) is 9.48. The zero-order chi connectivity index (χ0) is 10.1. The van der Waals surface area contributed by atoms with Crippen LogP contribution in [0.25, 0.3) is 0 Å². The van der Waals surface area contributed by atoms with Crippen molar-refractivity contribution >= 4 is 0 Å². The molecule has 0 aliphatic carbocycles. The predicted molar refractivity (Wildman–Crippen MR) is 58.6 cm³/mol. The summed E-state index contributed by atoms with van der Waals surface area (Å²) >= 11 is 0. The van der Waals surface area contributed by atoms with E-state index in [1.165, 1.54) is 13.0 Å². The second kappa shape index (κ2) is 8.48. The van der Waals surface area contributed by atoms with Crippen LogP contribution in [0.1, 0.15) is 34.1 Å². The molecule has 0 saturated carbocycles. The summed E-state index contributed by atoms with van der Waals surface area (Å²) in [6.45, 7) is 11.5. The Balaban J connectivity index is 0.000000322. The lowest BCUT2D eigenvalue weighted by molar-refractivity contribution is 0.352. The molecular weight excluding hydrogens is 162 g/mol. The van der Waals surface area contributed by atoms with Gasteiger partial charge in [0.2, 0.25) is 0 Å². The maximum absolute atomic E-state index is 3.35. The summed E-state index contributed by atoms with van der Waals surface area (Å²) in [6.07, 6.45) is 1.32. The van der Waals surface area contributed by atoms with Crippen LogP contribution in [0.4, 0.5) is 0 Å². The Labute approximate surface area is 82.6 Å². The van der Waals surface area contributed by atoms with E-state index in [-0.39, 0.29) is 0 Å². The highest BCUT2D eigenvalue weighted by molar-refractivity contribution is 4.87. The van der Waals surface area contributed by atoms with E-state index in [1.807, 2.05) is 27.7 Å². The van der Waals surface area contributed by atoms with E-state index in [0.717, 1.165) is 19.0 Å². The Bertz CT molecular complexity index is 94.3. The van der Waals surface area contributed by atoms with Gasteiger partial charge in [0.15, 0.2) is 0 Å².